The predicted octanol–water partition coefficient (Wildman–Crippen LogP) is -4.42. The van der Waals surface area contributed by atoms with Gasteiger partial charge in [-0.15, -0.1) is 0 Å². The van der Waals surface area contributed by atoms with E-state index in [0.717, 1.165) is 0 Å². The first-order chi connectivity index (χ1) is 11.0. The van der Waals surface area contributed by atoms with Gasteiger partial charge in [-0.2, -0.15) is 0 Å². The number of nitrogens with one attached hydrogen (secondary N) is 1. The Morgan fingerprint density at radius 1 is 1.04 bits per heavy atom. The summed E-state index contributed by atoms with van der Waals surface area (Å²) >= 11 is 0. The van der Waals surface area contributed by atoms with Crippen LogP contribution in [0.15, 0.2) is 0 Å². The second-order valence-corrected chi connectivity index (χ2v) is 5.41. The number of carbonyl (C=O) groups is 3. The maximum absolute atomic E-state index is 11.8. The fourth-order valence-electron chi connectivity index (χ4n) is 2.22. The molecule has 12 nitrogen and oxygen atoms in total. The van der Waals surface area contributed by atoms with Crippen molar-refractivity contribution in [3.05, 3.63) is 0 Å². The third-order valence-electron chi connectivity index (χ3n) is 3.52. The van der Waals surface area contributed by atoms with Crippen molar-refractivity contribution in [3.63, 3.8) is 0 Å². The number of aliphatic hydroxyl groups is 5. The quantitative estimate of drug-likeness (QED) is 0.218. The molecule has 1 aliphatic rings. The first-order valence-electron chi connectivity index (χ1n) is 6.79. The number of carboxylic acid groups (broad SMARTS) is 2. The highest BCUT2D eigenvalue weighted by atomic mass is 16.6. The van der Waals surface area contributed by atoms with Gasteiger partial charge in [0.15, 0.2) is 11.9 Å². The molecule has 138 valence electrons. The number of rotatable bonds is 7. The van der Waals surface area contributed by atoms with Crippen LogP contribution >= 0.6 is 0 Å². The van der Waals surface area contributed by atoms with Gasteiger partial charge in [0.1, 0.15) is 24.4 Å². The number of hydrogen-bond donors (Lipinski definition) is 8. The zero-order valence-corrected chi connectivity index (χ0v) is 12.3. The van der Waals surface area contributed by atoms with E-state index in [4.69, 9.17) is 20.1 Å². The third kappa shape index (κ3) is 4.59. The van der Waals surface area contributed by atoms with E-state index in [1.54, 1.807) is 0 Å². The van der Waals surface area contributed by atoms with E-state index in [0.29, 0.717) is 0 Å². The van der Waals surface area contributed by atoms with Gasteiger partial charge in [0, 0.05) is 0 Å². The van der Waals surface area contributed by atoms with Crippen LogP contribution in [0.2, 0.25) is 0 Å². The molecule has 0 radical (unpaired) electrons. The molecule has 0 saturated carbocycles. The molecule has 1 saturated heterocycles. The van der Waals surface area contributed by atoms with Crippen LogP contribution in [0.3, 0.4) is 0 Å². The maximum Gasteiger partial charge on any atom is 0.336 e. The predicted molar refractivity (Wildman–Crippen MR) is 71.4 cm³/mol. The van der Waals surface area contributed by atoms with E-state index < -0.39 is 73.5 Å². The Morgan fingerprint density at radius 2 is 1.62 bits per heavy atom. The van der Waals surface area contributed by atoms with Crippen LogP contribution in [-0.2, 0) is 19.1 Å². The average molecular weight is 353 g/mol. The number of ether oxygens (including phenoxy) is 1. The largest absolute Gasteiger partial charge is 0.481 e. The summed E-state index contributed by atoms with van der Waals surface area (Å²) in [4.78, 5) is 33.4. The second-order valence-electron chi connectivity index (χ2n) is 5.41. The van der Waals surface area contributed by atoms with Crippen molar-refractivity contribution in [3.8, 4) is 0 Å². The second kappa shape index (κ2) is 7.83. The van der Waals surface area contributed by atoms with Crippen LogP contribution in [0.4, 0.5) is 0 Å². The van der Waals surface area contributed by atoms with Crippen molar-refractivity contribution in [2.75, 3.05) is 6.61 Å². The maximum atomic E-state index is 11.8. The minimum Gasteiger partial charge on any atom is -0.481 e. The zero-order chi connectivity index (χ0) is 18.7. The highest BCUT2D eigenvalue weighted by Crippen LogP contribution is 2.21. The topological polar surface area (TPSA) is 214 Å². The fraction of sp³-hybridized carbons (Fsp3) is 0.750. The Kier molecular flexibility index (Phi) is 6.59. The molecule has 1 heterocycles. The van der Waals surface area contributed by atoms with E-state index in [1.165, 1.54) is 0 Å². The molecule has 0 aliphatic carbocycles. The van der Waals surface area contributed by atoms with Crippen LogP contribution in [0, 0.1) is 0 Å². The lowest BCUT2D eigenvalue weighted by Crippen LogP contribution is -2.64. The van der Waals surface area contributed by atoms with Gasteiger partial charge in [-0.25, -0.2) is 4.79 Å². The first kappa shape index (κ1) is 20.2. The summed E-state index contributed by atoms with van der Waals surface area (Å²) in [5, 5.41) is 67.2. The summed E-state index contributed by atoms with van der Waals surface area (Å²) in [7, 11) is 0. The molecular weight excluding hydrogens is 334 g/mol. The zero-order valence-electron chi connectivity index (χ0n) is 12.3. The van der Waals surface area contributed by atoms with Gasteiger partial charge in [0.25, 0.3) is 0 Å². The number of carboxylic acids is 2. The molecule has 0 bridgehead atoms. The van der Waals surface area contributed by atoms with Crippen molar-refractivity contribution in [2.24, 2.45) is 0 Å². The van der Waals surface area contributed by atoms with Gasteiger partial charge in [-0.1, -0.05) is 0 Å². The lowest BCUT2D eigenvalue weighted by atomic mass is 9.93. The van der Waals surface area contributed by atoms with Crippen molar-refractivity contribution in [1.29, 1.82) is 0 Å². The van der Waals surface area contributed by atoms with Gasteiger partial charge >= 0.3 is 11.9 Å². The summed E-state index contributed by atoms with van der Waals surface area (Å²) < 4.78 is 4.78. The van der Waals surface area contributed by atoms with Crippen molar-refractivity contribution >= 4 is 17.8 Å². The summed E-state index contributed by atoms with van der Waals surface area (Å²) in [5.74, 6) is -4.81. The minimum atomic E-state index is -2.90. The third-order valence-corrected chi connectivity index (χ3v) is 3.52. The average Bonchev–Trinajstić information content (AvgIpc) is 2.46. The van der Waals surface area contributed by atoms with Crippen molar-refractivity contribution in [2.45, 2.75) is 49.1 Å². The number of aliphatic carboxylic acids is 2. The van der Waals surface area contributed by atoms with Crippen LogP contribution in [0.1, 0.15) is 12.8 Å². The summed E-state index contributed by atoms with van der Waals surface area (Å²) in [5.41, 5.74) is -2.90. The van der Waals surface area contributed by atoms with Gasteiger partial charge in [-0.3, -0.25) is 9.59 Å². The summed E-state index contributed by atoms with van der Waals surface area (Å²) in [6.45, 7) is -0.715. The van der Waals surface area contributed by atoms with E-state index in [9.17, 15) is 34.8 Å². The van der Waals surface area contributed by atoms with E-state index in [1.807, 2.05) is 5.32 Å². The standard InChI is InChI=1S/C12H19NO11/c14-3-4-8(18)9(19)7(10(20)24-4)13-5(15)1-12(23,11(21)22)2-6(16)17/h4,7-10,14,18-20,23H,1-3H2,(H,13,15)(H,16,17)(H,21,22). The van der Waals surface area contributed by atoms with Gasteiger partial charge < -0.3 is 45.8 Å². The van der Waals surface area contributed by atoms with Crippen LogP contribution in [0.25, 0.3) is 0 Å². The molecular formula is C12H19NO11. The summed E-state index contributed by atoms with van der Waals surface area (Å²) in [6.07, 6.45) is -8.97. The Hall–Kier alpha value is -1.83. The first-order valence-corrected chi connectivity index (χ1v) is 6.79. The SMILES string of the molecule is O=C(O)CC(O)(CC(=O)NC1C(O)OC(CO)C(O)C1O)C(=O)O. The molecule has 1 fully saturated rings. The molecule has 1 amide bonds. The lowest BCUT2D eigenvalue weighted by molar-refractivity contribution is -0.254. The fourth-order valence-corrected chi connectivity index (χ4v) is 2.22. The Bertz CT molecular complexity index is 497. The molecule has 0 aromatic carbocycles. The smallest absolute Gasteiger partial charge is 0.336 e. The summed E-state index contributed by atoms with van der Waals surface area (Å²) in [6, 6.07) is -1.59. The molecule has 0 aromatic heterocycles. The van der Waals surface area contributed by atoms with Crippen molar-refractivity contribution in [1.82, 2.24) is 5.32 Å². The van der Waals surface area contributed by atoms with Gasteiger partial charge in [0.05, 0.1) is 19.4 Å². The number of aliphatic hydroxyl groups excluding tert-OH is 4. The highest BCUT2D eigenvalue weighted by molar-refractivity contribution is 5.90. The Labute approximate surface area is 134 Å². The highest BCUT2D eigenvalue weighted by Gasteiger charge is 2.46. The molecule has 6 unspecified atom stereocenters. The van der Waals surface area contributed by atoms with Crippen LogP contribution < -0.4 is 5.32 Å². The van der Waals surface area contributed by atoms with Gasteiger partial charge in [-0.05, 0) is 0 Å². The molecule has 0 aromatic rings. The number of amides is 1. The molecule has 1 aliphatic heterocycles. The number of carbonyl (C=O) groups excluding carboxylic acids is 1. The molecule has 6 atom stereocenters. The van der Waals surface area contributed by atoms with E-state index in [-0.39, 0.29) is 0 Å². The van der Waals surface area contributed by atoms with Crippen molar-refractivity contribution < 1.29 is 54.9 Å². The molecule has 1 rings (SSSR count). The van der Waals surface area contributed by atoms with E-state index >= 15 is 0 Å². The molecule has 12 heteroatoms. The van der Waals surface area contributed by atoms with Crippen LogP contribution in [0.5, 0.6) is 0 Å². The van der Waals surface area contributed by atoms with Gasteiger partial charge in [0.2, 0.25) is 5.91 Å². The monoisotopic (exact) mass is 353 g/mol. The Balaban J connectivity index is 2.79. The minimum absolute atomic E-state index is 0.715. The molecule has 8 N–H and O–H groups in total. The lowest BCUT2D eigenvalue weighted by Gasteiger charge is -2.40. The number of hydrogen-bond acceptors (Lipinski definition) is 9. The van der Waals surface area contributed by atoms with Crippen LogP contribution in [-0.4, -0.2) is 96.4 Å². The van der Waals surface area contributed by atoms with E-state index in [2.05, 4.69) is 0 Å². The Morgan fingerprint density at radius 3 is 2.08 bits per heavy atom. The normalized spacial score (nSPS) is 32.6. The molecule has 0 spiro atoms. The molecule has 24 heavy (non-hydrogen) atoms.